The maximum Gasteiger partial charge on any atom is 0.225 e. The summed E-state index contributed by atoms with van der Waals surface area (Å²) in [4.78, 5) is 10.1. The van der Waals surface area contributed by atoms with Gasteiger partial charge in [-0.05, 0) is 6.42 Å². The van der Waals surface area contributed by atoms with E-state index in [2.05, 4.69) is 16.9 Å². The molecule has 0 saturated heterocycles. The topological polar surface area (TPSA) is 49.2 Å². The average Bonchev–Trinajstić information content (AvgIpc) is 2.19. The highest BCUT2D eigenvalue weighted by molar-refractivity contribution is 6.30. The van der Waals surface area contributed by atoms with Crippen LogP contribution < -0.4 is 4.90 Å². The van der Waals surface area contributed by atoms with Gasteiger partial charge in [-0.2, -0.15) is 0 Å². The van der Waals surface area contributed by atoms with Crippen molar-refractivity contribution in [2.45, 2.75) is 13.3 Å². The number of aliphatic hydroxyl groups is 1. The van der Waals surface area contributed by atoms with Gasteiger partial charge >= 0.3 is 0 Å². The second kappa shape index (κ2) is 5.78. The lowest BCUT2D eigenvalue weighted by atomic mass is 10.4. The summed E-state index contributed by atoms with van der Waals surface area (Å²) >= 11 is 5.68. The van der Waals surface area contributed by atoms with Crippen molar-refractivity contribution in [2.75, 3.05) is 24.6 Å². The molecule has 0 radical (unpaired) electrons. The number of aromatic nitrogens is 2. The van der Waals surface area contributed by atoms with Crippen molar-refractivity contribution in [1.82, 2.24) is 9.97 Å². The minimum absolute atomic E-state index is 0.103. The lowest BCUT2D eigenvalue weighted by Gasteiger charge is -2.20. The molecule has 0 fully saturated rings. The van der Waals surface area contributed by atoms with Crippen molar-refractivity contribution in [2.24, 2.45) is 0 Å². The third kappa shape index (κ3) is 3.12. The van der Waals surface area contributed by atoms with Crippen molar-refractivity contribution in [1.29, 1.82) is 0 Å². The van der Waals surface area contributed by atoms with Gasteiger partial charge in [0, 0.05) is 13.1 Å². The molecule has 0 bridgehead atoms. The number of halogens is 1. The van der Waals surface area contributed by atoms with Crippen molar-refractivity contribution < 1.29 is 5.11 Å². The van der Waals surface area contributed by atoms with Gasteiger partial charge in [-0.3, -0.25) is 0 Å². The number of rotatable bonds is 5. The molecule has 1 rings (SSSR count). The summed E-state index contributed by atoms with van der Waals surface area (Å²) in [6, 6.07) is 0. The van der Waals surface area contributed by atoms with Crippen LogP contribution in [0.1, 0.15) is 13.3 Å². The molecule has 1 N–H and O–H groups in total. The molecule has 0 aliphatic heterocycles. The molecule has 1 aromatic heterocycles. The van der Waals surface area contributed by atoms with Crippen molar-refractivity contribution in [3.63, 3.8) is 0 Å². The van der Waals surface area contributed by atoms with Crippen molar-refractivity contribution >= 4 is 17.5 Å². The quantitative estimate of drug-likeness (QED) is 0.806. The molecule has 0 amide bonds. The number of hydrogen-bond donors (Lipinski definition) is 1. The number of aliphatic hydroxyl groups excluding tert-OH is 1. The molecular weight excluding hydrogens is 202 g/mol. The molecule has 0 unspecified atom stereocenters. The Kier molecular flexibility index (Phi) is 4.62. The summed E-state index contributed by atoms with van der Waals surface area (Å²) in [5.41, 5.74) is 0. The van der Waals surface area contributed by atoms with Gasteiger partial charge < -0.3 is 10.0 Å². The first-order valence-electron chi connectivity index (χ1n) is 4.61. The first kappa shape index (κ1) is 11.2. The summed E-state index contributed by atoms with van der Waals surface area (Å²) in [7, 11) is 0. The number of nitrogens with zero attached hydrogens (tertiary/aromatic N) is 3. The second-order valence-corrected chi connectivity index (χ2v) is 3.35. The van der Waals surface area contributed by atoms with E-state index in [-0.39, 0.29) is 6.61 Å². The van der Waals surface area contributed by atoms with Crippen LogP contribution in [0.5, 0.6) is 0 Å². The molecule has 0 aromatic carbocycles. The van der Waals surface area contributed by atoms with Crippen LogP contribution in [0.15, 0.2) is 12.4 Å². The third-order valence-electron chi connectivity index (χ3n) is 1.75. The Morgan fingerprint density at radius 1 is 1.36 bits per heavy atom. The Bertz CT molecular complexity index is 259. The Morgan fingerprint density at radius 2 is 2.00 bits per heavy atom. The molecule has 0 atom stereocenters. The predicted octanol–water partition coefficient (Wildman–Crippen LogP) is 1.34. The van der Waals surface area contributed by atoms with E-state index in [1.54, 1.807) is 12.4 Å². The van der Waals surface area contributed by atoms with E-state index in [4.69, 9.17) is 16.7 Å². The van der Waals surface area contributed by atoms with E-state index in [1.807, 2.05) is 4.90 Å². The molecular formula is C9H14ClN3O. The van der Waals surface area contributed by atoms with Gasteiger partial charge in [0.2, 0.25) is 5.95 Å². The van der Waals surface area contributed by atoms with Gasteiger partial charge in [-0.25, -0.2) is 9.97 Å². The van der Waals surface area contributed by atoms with Crippen LogP contribution in [0, 0.1) is 0 Å². The van der Waals surface area contributed by atoms with E-state index in [0.29, 0.717) is 17.5 Å². The third-order valence-corrected chi connectivity index (χ3v) is 1.95. The zero-order chi connectivity index (χ0) is 10.4. The Morgan fingerprint density at radius 3 is 2.50 bits per heavy atom. The molecule has 0 aliphatic carbocycles. The summed E-state index contributed by atoms with van der Waals surface area (Å²) < 4.78 is 0. The highest BCUT2D eigenvalue weighted by atomic mass is 35.5. The minimum atomic E-state index is 0.103. The first-order valence-corrected chi connectivity index (χ1v) is 4.99. The maximum atomic E-state index is 8.86. The van der Waals surface area contributed by atoms with E-state index in [0.717, 1.165) is 13.0 Å². The van der Waals surface area contributed by atoms with Crippen molar-refractivity contribution in [3.05, 3.63) is 17.4 Å². The van der Waals surface area contributed by atoms with Crippen LogP contribution in [-0.2, 0) is 0 Å². The smallest absolute Gasteiger partial charge is 0.225 e. The lowest BCUT2D eigenvalue weighted by Crippen LogP contribution is -2.29. The maximum absolute atomic E-state index is 8.86. The van der Waals surface area contributed by atoms with Gasteiger partial charge in [0.05, 0.1) is 24.0 Å². The molecule has 14 heavy (non-hydrogen) atoms. The SMILES string of the molecule is CCCN(CCO)c1ncc(Cl)cn1. The van der Waals surface area contributed by atoms with Crippen LogP contribution in [-0.4, -0.2) is 34.8 Å². The van der Waals surface area contributed by atoms with Crippen LogP contribution in [0.3, 0.4) is 0 Å². The molecule has 4 nitrogen and oxygen atoms in total. The van der Waals surface area contributed by atoms with Crippen LogP contribution in [0.25, 0.3) is 0 Å². The van der Waals surface area contributed by atoms with Gasteiger partial charge in [-0.1, -0.05) is 18.5 Å². The van der Waals surface area contributed by atoms with E-state index < -0.39 is 0 Å². The standard InChI is InChI=1S/C9H14ClN3O/c1-2-3-13(4-5-14)9-11-6-8(10)7-12-9/h6-7,14H,2-5H2,1H3. The van der Waals surface area contributed by atoms with Gasteiger partial charge in [0.1, 0.15) is 0 Å². The fraction of sp³-hybridized carbons (Fsp3) is 0.556. The highest BCUT2D eigenvalue weighted by Gasteiger charge is 2.06. The highest BCUT2D eigenvalue weighted by Crippen LogP contribution is 2.10. The summed E-state index contributed by atoms with van der Waals surface area (Å²) in [6.45, 7) is 3.56. The largest absolute Gasteiger partial charge is 0.395 e. The molecule has 5 heteroatoms. The number of anilines is 1. The fourth-order valence-electron chi connectivity index (χ4n) is 1.17. The van der Waals surface area contributed by atoms with Crippen LogP contribution in [0.2, 0.25) is 5.02 Å². The fourth-order valence-corrected chi connectivity index (χ4v) is 1.27. The lowest BCUT2D eigenvalue weighted by molar-refractivity contribution is 0.301. The van der Waals surface area contributed by atoms with Crippen LogP contribution >= 0.6 is 11.6 Å². The predicted molar refractivity (Wildman–Crippen MR) is 56.6 cm³/mol. The molecule has 1 heterocycles. The Labute approximate surface area is 88.6 Å². The summed E-state index contributed by atoms with van der Waals surface area (Å²) in [5, 5.41) is 9.38. The molecule has 0 saturated carbocycles. The summed E-state index contributed by atoms with van der Waals surface area (Å²) in [5.74, 6) is 0.616. The zero-order valence-electron chi connectivity index (χ0n) is 8.15. The van der Waals surface area contributed by atoms with Gasteiger partial charge in [0.15, 0.2) is 0 Å². The first-order chi connectivity index (χ1) is 6.77. The van der Waals surface area contributed by atoms with E-state index in [9.17, 15) is 0 Å². The Hall–Kier alpha value is -0.870. The second-order valence-electron chi connectivity index (χ2n) is 2.91. The van der Waals surface area contributed by atoms with E-state index >= 15 is 0 Å². The molecule has 1 aromatic rings. The molecule has 0 spiro atoms. The van der Waals surface area contributed by atoms with E-state index in [1.165, 1.54) is 0 Å². The normalized spacial score (nSPS) is 10.2. The number of hydrogen-bond acceptors (Lipinski definition) is 4. The average molecular weight is 216 g/mol. The van der Waals surface area contributed by atoms with Gasteiger partial charge in [-0.15, -0.1) is 0 Å². The van der Waals surface area contributed by atoms with Crippen LogP contribution in [0.4, 0.5) is 5.95 Å². The zero-order valence-corrected chi connectivity index (χ0v) is 8.91. The summed E-state index contributed by atoms with van der Waals surface area (Å²) in [6.07, 6.45) is 4.11. The monoisotopic (exact) mass is 215 g/mol. The molecule has 78 valence electrons. The molecule has 0 aliphatic rings. The minimum Gasteiger partial charge on any atom is -0.395 e. The van der Waals surface area contributed by atoms with Crippen molar-refractivity contribution in [3.8, 4) is 0 Å². The van der Waals surface area contributed by atoms with Gasteiger partial charge in [0.25, 0.3) is 0 Å². The Balaban J connectivity index is 2.71.